The molecular weight excluding hydrogens is 228 g/mol. The second kappa shape index (κ2) is 3.90. The fraction of sp³-hybridized carbons (Fsp3) is 0.500. The van der Waals surface area contributed by atoms with Crippen molar-refractivity contribution in [3.05, 3.63) is 22.3 Å². The monoisotopic (exact) mass is 248 g/mol. The summed E-state index contributed by atoms with van der Waals surface area (Å²) < 4.78 is 5.97. The number of phenols is 1. The van der Waals surface area contributed by atoms with Gasteiger partial charge in [0.15, 0.2) is 5.60 Å². The van der Waals surface area contributed by atoms with Crippen LogP contribution in [0.5, 0.6) is 11.5 Å². The van der Waals surface area contributed by atoms with Crippen molar-refractivity contribution >= 4 is 5.84 Å². The topological polar surface area (TPSA) is 79.3 Å². The van der Waals surface area contributed by atoms with Crippen LogP contribution in [0.1, 0.15) is 35.6 Å². The Kier molecular flexibility index (Phi) is 2.76. The van der Waals surface area contributed by atoms with Gasteiger partial charge in [-0.05, 0) is 57.2 Å². The van der Waals surface area contributed by atoms with Gasteiger partial charge in [-0.3, -0.25) is 5.41 Å². The van der Waals surface area contributed by atoms with E-state index in [1.165, 1.54) is 0 Å². The van der Waals surface area contributed by atoms with Crippen LogP contribution >= 0.6 is 0 Å². The molecule has 0 fully saturated rings. The third-order valence-corrected chi connectivity index (χ3v) is 4.09. The van der Waals surface area contributed by atoms with Gasteiger partial charge in [0.25, 0.3) is 0 Å². The van der Waals surface area contributed by atoms with Gasteiger partial charge in [0, 0.05) is 5.56 Å². The number of fused-ring (bicyclic) bond motifs is 1. The van der Waals surface area contributed by atoms with E-state index >= 15 is 0 Å². The van der Waals surface area contributed by atoms with Crippen molar-refractivity contribution in [1.29, 1.82) is 5.41 Å². The Labute approximate surface area is 107 Å². The molecule has 1 aliphatic heterocycles. The van der Waals surface area contributed by atoms with Gasteiger partial charge in [-0.1, -0.05) is 0 Å². The Morgan fingerprint density at radius 2 is 1.89 bits per heavy atom. The summed E-state index contributed by atoms with van der Waals surface area (Å²) in [5.41, 5.74) is 8.57. The molecule has 0 spiro atoms. The molecule has 0 bridgehead atoms. The summed E-state index contributed by atoms with van der Waals surface area (Å²) in [6.07, 6.45) is 1.43. The number of phenolic OH excluding ortho intramolecular Hbond substituents is 1. The molecule has 0 saturated carbocycles. The molecule has 0 aromatic heterocycles. The Balaban J connectivity index is 2.61. The minimum absolute atomic E-state index is 0.0518. The molecule has 4 N–H and O–H groups in total. The predicted molar refractivity (Wildman–Crippen MR) is 71.6 cm³/mol. The summed E-state index contributed by atoms with van der Waals surface area (Å²) in [5, 5.41) is 17.7. The lowest BCUT2D eigenvalue weighted by atomic mass is 9.86. The lowest BCUT2D eigenvalue weighted by molar-refractivity contribution is 0.130. The van der Waals surface area contributed by atoms with Crippen molar-refractivity contribution in [3.63, 3.8) is 0 Å². The van der Waals surface area contributed by atoms with Crippen LogP contribution in [0.15, 0.2) is 0 Å². The average Bonchev–Trinajstić information content (AvgIpc) is 2.33. The maximum Gasteiger partial charge on any atom is 0.162 e. The third kappa shape index (κ3) is 1.64. The van der Waals surface area contributed by atoms with E-state index in [1.807, 2.05) is 27.7 Å². The van der Waals surface area contributed by atoms with Gasteiger partial charge in [-0.25, -0.2) is 0 Å². The number of hydrogen-bond donors (Lipinski definition) is 3. The molecule has 0 amide bonds. The van der Waals surface area contributed by atoms with Gasteiger partial charge < -0.3 is 15.6 Å². The smallest absolute Gasteiger partial charge is 0.162 e. The van der Waals surface area contributed by atoms with Crippen LogP contribution in [0.25, 0.3) is 0 Å². The summed E-state index contributed by atoms with van der Waals surface area (Å²) in [4.78, 5) is 0. The summed E-state index contributed by atoms with van der Waals surface area (Å²) >= 11 is 0. The third-order valence-electron chi connectivity index (χ3n) is 4.09. The second-order valence-electron chi connectivity index (χ2n) is 5.28. The van der Waals surface area contributed by atoms with Crippen molar-refractivity contribution in [2.75, 3.05) is 0 Å². The molecular formula is C14H20N2O2. The predicted octanol–water partition coefficient (Wildman–Crippen LogP) is 2.34. The number of aromatic hydroxyl groups is 1. The van der Waals surface area contributed by atoms with E-state index in [9.17, 15) is 5.11 Å². The molecule has 1 atom stereocenters. The van der Waals surface area contributed by atoms with Crippen LogP contribution in [0.4, 0.5) is 0 Å². The molecule has 4 nitrogen and oxygen atoms in total. The van der Waals surface area contributed by atoms with Crippen LogP contribution in [0.2, 0.25) is 0 Å². The minimum atomic E-state index is -0.729. The standard InChI is InChI=1S/C14H20N2O2/c1-7-8(2)12-10(9(3)11(7)17)5-6-14(4,18-12)13(15)16/h17H,5-6H2,1-4H3,(H3,15,16). The van der Waals surface area contributed by atoms with Crippen molar-refractivity contribution in [2.45, 2.75) is 46.1 Å². The molecule has 18 heavy (non-hydrogen) atoms. The average molecular weight is 248 g/mol. The summed E-state index contributed by atoms with van der Waals surface area (Å²) in [5.74, 6) is 1.18. The van der Waals surface area contributed by atoms with Gasteiger partial charge in [0.2, 0.25) is 0 Å². The zero-order valence-corrected chi connectivity index (χ0v) is 11.3. The lowest BCUT2D eigenvalue weighted by Gasteiger charge is -2.36. The fourth-order valence-electron chi connectivity index (χ4n) is 2.44. The first-order valence-electron chi connectivity index (χ1n) is 6.13. The maximum absolute atomic E-state index is 10.1. The van der Waals surface area contributed by atoms with Crippen LogP contribution in [0.3, 0.4) is 0 Å². The first-order valence-corrected chi connectivity index (χ1v) is 6.13. The molecule has 1 aromatic rings. The SMILES string of the molecule is Cc1c(C)c2c(c(C)c1O)CCC(C)(C(=N)N)O2. The van der Waals surface area contributed by atoms with E-state index in [0.29, 0.717) is 12.2 Å². The molecule has 98 valence electrons. The van der Waals surface area contributed by atoms with E-state index in [1.54, 1.807) is 0 Å². The Bertz CT molecular complexity index is 537. The number of rotatable bonds is 1. The van der Waals surface area contributed by atoms with E-state index in [4.69, 9.17) is 15.9 Å². The Hall–Kier alpha value is -1.71. The quantitative estimate of drug-likeness (QED) is 0.527. The second-order valence-corrected chi connectivity index (χ2v) is 5.28. The van der Waals surface area contributed by atoms with Crippen molar-refractivity contribution in [3.8, 4) is 11.5 Å². The maximum atomic E-state index is 10.1. The van der Waals surface area contributed by atoms with Gasteiger partial charge in [-0.2, -0.15) is 0 Å². The van der Waals surface area contributed by atoms with Gasteiger partial charge in [-0.15, -0.1) is 0 Å². The molecule has 4 heteroatoms. The summed E-state index contributed by atoms with van der Waals surface area (Å²) in [6.45, 7) is 7.55. The molecule has 0 saturated heterocycles. The highest BCUT2D eigenvalue weighted by atomic mass is 16.5. The normalized spacial score (nSPS) is 22.2. The zero-order chi connectivity index (χ0) is 13.7. The Morgan fingerprint density at radius 3 is 2.44 bits per heavy atom. The first kappa shape index (κ1) is 12.7. The first-order chi connectivity index (χ1) is 8.28. The zero-order valence-electron chi connectivity index (χ0n) is 11.3. The van der Waals surface area contributed by atoms with Gasteiger partial charge in [0.1, 0.15) is 17.3 Å². The van der Waals surface area contributed by atoms with Gasteiger partial charge in [0.05, 0.1) is 0 Å². The summed E-state index contributed by atoms with van der Waals surface area (Å²) in [6, 6.07) is 0. The number of nitrogens with one attached hydrogen (secondary N) is 1. The number of hydrogen-bond acceptors (Lipinski definition) is 3. The number of benzene rings is 1. The van der Waals surface area contributed by atoms with E-state index in [-0.39, 0.29) is 5.84 Å². The minimum Gasteiger partial charge on any atom is -0.507 e. The highest BCUT2D eigenvalue weighted by molar-refractivity contribution is 5.86. The summed E-state index contributed by atoms with van der Waals surface area (Å²) in [7, 11) is 0. The highest BCUT2D eigenvalue weighted by Gasteiger charge is 2.37. The lowest BCUT2D eigenvalue weighted by Crippen LogP contribution is -2.48. The molecule has 1 heterocycles. The van der Waals surface area contributed by atoms with Crippen LogP contribution in [0, 0.1) is 26.2 Å². The largest absolute Gasteiger partial charge is 0.507 e. The number of ether oxygens (including phenoxy) is 1. The molecule has 1 aromatic carbocycles. The van der Waals surface area contributed by atoms with Crippen molar-refractivity contribution in [1.82, 2.24) is 0 Å². The van der Waals surface area contributed by atoms with E-state index < -0.39 is 5.60 Å². The highest BCUT2D eigenvalue weighted by Crippen LogP contribution is 2.43. The van der Waals surface area contributed by atoms with Crippen molar-refractivity contribution < 1.29 is 9.84 Å². The molecule has 1 unspecified atom stereocenters. The van der Waals surface area contributed by atoms with Crippen LogP contribution < -0.4 is 10.5 Å². The molecule has 1 aliphatic rings. The van der Waals surface area contributed by atoms with Gasteiger partial charge >= 0.3 is 0 Å². The Morgan fingerprint density at radius 1 is 1.28 bits per heavy atom. The van der Waals surface area contributed by atoms with E-state index in [0.717, 1.165) is 34.4 Å². The molecule has 0 radical (unpaired) electrons. The van der Waals surface area contributed by atoms with Crippen molar-refractivity contribution in [2.24, 2.45) is 5.73 Å². The number of nitrogens with two attached hydrogens (primary N) is 1. The molecule has 0 aliphatic carbocycles. The van der Waals surface area contributed by atoms with Crippen LogP contribution in [-0.2, 0) is 6.42 Å². The fourth-order valence-corrected chi connectivity index (χ4v) is 2.44. The number of amidine groups is 1. The van der Waals surface area contributed by atoms with E-state index in [2.05, 4.69) is 0 Å². The molecule has 2 rings (SSSR count). The van der Waals surface area contributed by atoms with Crippen LogP contribution in [-0.4, -0.2) is 16.5 Å².